The topological polar surface area (TPSA) is 46.3 Å². The Morgan fingerprint density at radius 3 is 2.45 bits per heavy atom. The van der Waals surface area contributed by atoms with Gasteiger partial charge in [-0.1, -0.05) is 26.3 Å². The van der Waals surface area contributed by atoms with Crippen molar-refractivity contribution >= 4 is 11.6 Å². The van der Waals surface area contributed by atoms with Gasteiger partial charge in [-0.2, -0.15) is 0 Å². The first kappa shape index (κ1) is 16.5. The first-order valence-electron chi connectivity index (χ1n) is 7.60. The van der Waals surface area contributed by atoms with Crippen LogP contribution in [0, 0.1) is 13.8 Å². The standard InChI is InChI=1S/C17H28N2O/c1-6-8-9-19(14(5)7-2)17(20)15-11-16(18)13(4)10-12(15)3/h10-11,14H,6-9,18H2,1-5H3. The zero-order valence-corrected chi connectivity index (χ0v) is 13.5. The molecule has 0 aliphatic carbocycles. The summed E-state index contributed by atoms with van der Waals surface area (Å²) >= 11 is 0. The SMILES string of the molecule is CCCCN(C(=O)c1cc(N)c(C)cc1C)C(C)CC. The maximum Gasteiger partial charge on any atom is 0.254 e. The average molecular weight is 276 g/mol. The molecule has 3 nitrogen and oxygen atoms in total. The van der Waals surface area contributed by atoms with Crippen LogP contribution in [-0.2, 0) is 0 Å². The Hall–Kier alpha value is -1.51. The van der Waals surface area contributed by atoms with Crippen molar-refractivity contribution in [2.75, 3.05) is 12.3 Å². The molecule has 1 aromatic rings. The van der Waals surface area contributed by atoms with Gasteiger partial charge in [-0.05, 0) is 50.8 Å². The van der Waals surface area contributed by atoms with Crippen LogP contribution in [0.15, 0.2) is 12.1 Å². The lowest BCUT2D eigenvalue weighted by Crippen LogP contribution is -2.39. The van der Waals surface area contributed by atoms with Crippen molar-refractivity contribution in [3.8, 4) is 0 Å². The number of nitrogen functional groups attached to an aromatic ring is 1. The van der Waals surface area contributed by atoms with Crippen molar-refractivity contribution < 1.29 is 4.79 Å². The molecular weight excluding hydrogens is 248 g/mol. The number of carbonyl (C=O) groups excluding carboxylic acids is 1. The van der Waals surface area contributed by atoms with Crippen LogP contribution in [0.1, 0.15) is 61.5 Å². The fourth-order valence-corrected chi connectivity index (χ4v) is 2.33. The maximum absolute atomic E-state index is 12.8. The number of amides is 1. The van der Waals surface area contributed by atoms with E-state index in [1.807, 2.05) is 30.9 Å². The third kappa shape index (κ3) is 3.75. The molecular formula is C17H28N2O. The van der Waals surface area contributed by atoms with Crippen molar-refractivity contribution in [2.24, 2.45) is 0 Å². The molecule has 2 N–H and O–H groups in total. The van der Waals surface area contributed by atoms with E-state index < -0.39 is 0 Å². The Kier molecular flexibility index (Phi) is 6.05. The molecule has 0 fully saturated rings. The fourth-order valence-electron chi connectivity index (χ4n) is 2.33. The van der Waals surface area contributed by atoms with Gasteiger partial charge in [0.2, 0.25) is 0 Å². The zero-order valence-electron chi connectivity index (χ0n) is 13.5. The number of hydrogen-bond acceptors (Lipinski definition) is 2. The van der Waals surface area contributed by atoms with Gasteiger partial charge >= 0.3 is 0 Å². The second-order valence-corrected chi connectivity index (χ2v) is 5.63. The Morgan fingerprint density at radius 2 is 1.90 bits per heavy atom. The van der Waals surface area contributed by atoms with Crippen LogP contribution >= 0.6 is 0 Å². The molecule has 0 aromatic heterocycles. The van der Waals surface area contributed by atoms with Gasteiger partial charge in [-0.25, -0.2) is 0 Å². The first-order chi connectivity index (χ1) is 9.42. The van der Waals surface area contributed by atoms with E-state index in [0.29, 0.717) is 5.69 Å². The smallest absolute Gasteiger partial charge is 0.254 e. The van der Waals surface area contributed by atoms with Crippen LogP contribution in [0.4, 0.5) is 5.69 Å². The summed E-state index contributed by atoms with van der Waals surface area (Å²) in [5.41, 5.74) is 9.44. The van der Waals surface area contributed by atoms with Crippen LogP contribution in [0.5, 0.6) is 0 Å². The van der Waals surface area contributed by atoms with Crippen molar-refractivity contribution in [3.05, 3.63) is 28.8 Å². The number of rotatable bonds is 6. The van der Waals surface area contributed by atoms with Crippen LogP contribution in [0.2, 0.25) is 0 Å². The zero-order chi connectivity index (χ0) is 15.3. The van der Waals surface area contributed by atoms with Crippen LogP contribution in [0.25, 0.3) is 0 Å². The van der Waals surface area contributed by atoms with E-state index in [-0.39, 0.29) is 11.9 Å². The van der Waals surface area contributed by atoms with E-state index in [9.17, 15) is 4.79 Å². The molecule has 1 aromatic carbocycles. The molecule has 0 heterocycles. The molecule has 0 aliphatic heterocycles. The Balaban J connectivity index is 3.08. The number of nitrogens with zero attached hydrogens (tertiary/aromatic N) is 1. The molecule has 0 aliphatic rings. The lowest BCUT2D eigenvalue weighted by Gasteiger charge is -2.29. The second-order valence-electron chi connectivity index (χ2n) is 5.63. The minimum Gasteiger partial charge on any atom is -0.398 e. The summed E-state index contributed by atoms with van der Waals surface area (Å²) in [4.78, 5) is 14.8. The molecule has 0 bridgehead atoms. The van der Waals surface area contributed by atoms with Gasteiger partial charge < -0.3 is 10.6 Å². The van der Waals surface area contributed by atoms with Crippen LogP contribution < -0.4 is 5.73 Å². The lowest BCUT2D eigenvalue weighted by molar-refractivity contribution is 0.0684. The molecule has 112 valence electrons. The summed E-state index contributed by atoms with van der Waals surface area (Å²) in [6.45, 7) is 11.1. The molecule has 1 atom stereocenters. The van der Waals surface area contributed by atoms with Crippen molar-refractivity contribution in [2.45, 2.75) is 59.9 Å². The Labute approximate surface area is 123 Å². The summed E-state index contributed by atoms with van der Waals surface area (Å²) < 4.78 is 0. The van der Waals surface area contributed by atoms with E-state index >= 15 is 0 Å². The minimum absolute atomic E-state index is 0.108. The first-order valence-corrected chi connectivity index (χ1v) is 7.60. The number of anilines is 1. The van der Waals surface area contributed by atoms with Gasteiger partial charge in [-0.15, -0.1) is 0 Å². The van der Waals surface area contributed by atoms with Gasteiger partial charge in [0.15, 0.2) is 0 Å². The molecule has 1 unspecified atom stereocenters. The predicted molar refractivity (Wildman–Crippen MR) is 86.0 cm³/mol. The minimum atomic E-state index is 0.108. The van der Waals surface area contributed by atoms with Crippen LogP contribution in [-0.4, -0.2) is 23.4 Å². The second kappa shape index (κ2) is 7.32. The molecule has 1 rings (SSSR count). The predicted octanol–water partition coefficient (Wildman–Crippen LogP) is 3.93. The van der Waals surface area contributed by atoms with E-state index in [1.165, 1.54) is 0 Å². The maximum atomic E-state index is 12.8. The van der Waals surface area contributed by atoms with Gasteiger partial charge in [0.25, 0.3) is 5.91 Å². The molecule has 0 saturated carbocycles. The molecule has 3 heteroatoms. The Morgan fingerprint density at radius 1 is 1.25 bits per heavy atom. The summed E-state index contributed by atoms with van der Waals surface area (Å²) in [6, 6.07) is 4.09. The van der Waals surface area contributed by atoms with Gasteiger partial charge in [0, 0.05) is 23.8 Å². The van der Waals surface area contributed by atoms with Crippen molar-refractivity contribution in [1.29, 1.82) is 0 Å². The number of unbranched alkanes of at least 4 members (excludes halogenated alkanes) is 1. The third-order valence-corrected chi connectivity index (χ3v) is 3.98. The van der Waals surface area contributed by atoms with Crippen molar-refractivity contribution in [3.63, 3.8) is 0 Å². The van der Waals surface area contributed by atoms with Gasteiger partial charge in [0.05, 0.1) is 0 Å². The molecule has 0 spiro atoms. The van der Waals surface area contributed by atoms with E-state index in [0.717, 1.165) is 42.5 Å². The van der Waals surface area contributed by atoms with E-state index in [1.54, 1.807) is 0 Å². The lowest BCUT2D eigenvalue weighted by atomic mass is 10.0. The number of carbonyl (C=O) groups is 1. The number of hydrogen-bond donors (Lipinski definition) is 1. The highest BCUT2D eigenvalue weighted by atomic mass is 16.2. The summed E-state index contributed by atoms with van der Waals surface area (Å²) in [5.74, 6) is 0.108. The quantitative estimate of drug-likeness (QED) is 0.800. The highest BCUT2D eigenvalue weighted by molar-refractivity contribution is 5.97. The third-order valence-electron chi connectivity index (χ3n) is 3.98. The van der Waals surface area contributed by atoms with E-state index in [4.69, 9.17) is 5.73 Å². The molecule has 0 radical (unpaired) electrons. The van der Waals surface area contributed by atoms with E-state index in [2.05, 4.69) is 20.8 Å². The monoisotopic (exact) mass is 276 g/mol. The number of aryl methyl sites for hydroxylation is 2. The molecule has 1 amide bonds. The largest absolute Gasteiger partial charge is 0.398 e. The van der Waals surface area contributed by atoms with Crippen LogP contribution in [0.3, 0.4) is 0 Å². The normalized spacial score (nSPS) is 12.2. The molecule has 0 saturated heterocycles. The Bertz CT molecular complexity index is 468. The van der Waals surface area contributed by atoms with Gasteiger partial charge in [0.1, 0.15) is 0 Å². The highest BCUT2D eigenvalue weighted by Crippen LogP contribution is 2.21. The summed E-state index contributed by atoms with van der Waals surface area (Å²) in [7, 11) is 0. The summed E-state index contributed by atoms with van der Waals surface area (Å²) in [6.07, 6.45) is 3.10. The molecule has 20 heavy (non-hydrogen) atoms. The van der Waals surface area contributed by atoms with Gasteiger partial charge in [-0.3, -0.25) is 4.79 Å². The fraction of sp³-hybridized carbons (Fsp3) is 0.588. The average Bonchev–Trinajstić information content (AvgIpc) is 2.42. The number of benzene rings is 1. The van der Waals surface area contributed by atoms with Crippen molar-refractivity contribution in [1.82, 2.24) is 4.90 Å². The number of nitrogens with two attached hydrogens (primary N) is 1. The highest BCUT2D eigenvalue weighted by Gasteiger charge is 2.21. The summed E-state index contributed by atoms with van der Waals surface area (Å²) in [5, 5.41) is 0.